The molecule has 0 heterocycles. The molecular weight excluding hydrogens is 321 g/mol. The summed E-state index contributed by atoms with van der Waals surface area (Å²) in [7, 11) is 1.75. The SMILES string of the molecule is CCCNC(Cc1ccc(F)cc1Br)C(OC)C(C)C. The van der Waals surface area contributed by atoms with Crippen LogP contribution in [0, 0.1) is 11.7 Å². The highest BCUT2D eigenvalue weighted by molar-refractivity contribution is 9.10. The second kappa shape index (κ2) is 8.75. The van der Waals surface area contributed by atoms with E-state index in [2.05, 4.69) is 42.0 Å². The van der Waals surface area contributed by atoms with Crippen LogP contribution < -0.4 is 5.32 Å². The van der Waals surface area contributed by atoms with Crippen molar-refractivity contribution < 1.29 is 9.13 Å². The van der Waals surface area contributed by atoms with Gasteiger partial charge in [-0.15, -0.1) is 0 Å². The van der Waals surface area contributed by atoms with Gasteiger partial charge in [0, 0.05) is 17.6 Å². The van der Waals surface area contributed by atoms with Crippen molar-refractivity contribution in [3.63, 3.8) is 0 Å². The van der Waals surface area contributed by atoms with E-state index in [0.29, 0.717) is 5.92 Å². The summed E-state index contributed by atoms with van der Waals surface area (Å²) in [5.74, 6) is 0.208. The van der Waals surface area contributed by atoms with E-state index in [9.17, 15) is 4.39 Å². The monoisotopic (exact) mass is 345 g/mol. The van der Waals surface area contributed by atoms with Gasteiger partial charge in [0.05, 0.1) is 6.10 Å². The number of rotatable bonds is 8. The van der Waals surface area contributed by atoms with Crippen molar-refractivity contribution in [2.45, 2.75) is 45.8 Å². The number of nitrogens with one attached hydrogen (secondary N) is 1. The van der Waals surface area contributed by atoms with Gasteiger partial charge in [0.15, 0.2) is 0 Å². The van der Waals surface area contributed by atoms with Crippen molar-refractivity contribution in [2.24, 2.45) is 5.92 Å². The van der Waals surface area contributed by atoms with Gasteiger partial charge in [-0.1, -0.05) is 42.8 Å². The van der Waals surface area contributed by atoms with Crippen molar-refractivity contribution in [2.75, 3.05) is 13.7 Å². The number of halogens is 2. The molecule has 2 atom stereocenters. The number of benzene rings is 1. The van der Waals surface area contributed by atoms with E-state index in [-0.39, 0.29) is 18.0 Å². The Morgan fingerprint density at radius 1 is 1.35 bits per heavy atom. The molecule has 0 fully saturated rings. The van der Waals surface area contributed by atoms with Gasteiger partial charge in [-0.3, -0.25) is 0 Å². The fraction of sp³-hybridized carbons (Fsp3) is 0.625. The molecule has 1 rings (SSSR count). The molecule has 0 aliphatic rings. The second-order valence-electron chi connectivity index (χ2n) is 5.44. The Morgan fingerprint density at radius 2 is 2.05 bits per heavy atom. The van der Waals surface area contributed by atoms with Crippen LogP contribution >= 0.6 is 15.9 Å². The summed E-state index contributed by atoms with van der Waals surface area (Å²) < 4.78 is 19.6. The fourth-order valence-electron chi connectivity index (χ4n) is 2.46. The first kappa shape index (κ1) is 17.6. The van der Waals surface area contributed by atoms with E-state index in [1.807, 2.05) is 6.07 Å². The van der Waals surface area contributed by atoms with Gasteiger partial charge in [0.2, 0.25) is 0 Å². The first-order chi connectivity index (χ1) is 9.49. The lowest BCUT2D eigenvalue weighted by molar-refractivity contribution is 0.0332. The molecule has 114 valence electrons. The van der Waals surface area contributed by atoms with Crippen LogP contribution in [0.25, 0.3) is 0 Å². The molecule has 2 nitrogen and oxygen atoms in total. The lowest BCUT2D eigenvalue weighted by atomic mass is 9.93. The maximum atomic E-state index is 13.2. The highest BCUT2D eigenvalue weighted by Gasteiger charge is 2.24. The molecule has 1 aromatic rings. The standard InChI is InChI=1S/C16H25BrFNO/c1-5-8-19-15(16(20-4)11(2)3)9-12-6-7-13(18)10-14(12)17/h6-7,10-11,15-16,19H,5,8-9H2,1-4H3. The molecule has 0 bridgehead atoms. The molecule has 2 unspecified atom stereocenters. The Hall–Kier alpha value is -0.450. The Bertz CT molecular complexity index is 411. The zero-order valence-electron chi connectivity index (χ0n) is 12.7. The quantitative estimate of drug-likeness (QED) is 0.763. The predicted octanol–water partition coefficient (Wildman–Crippen LogP) is 4.17. The number of ether oxygens (including phenoxy) is 1. The summed E-state index contributed by atoms with van der Waals surface area (Å²) in [4.78, 5) is 0. The van der Waals surface area contributed by atoms with Crippen LogP contribution in [0.2, 0.25) is 0 Å². The summed E-state index contributed by atoms with van der Waals surface area (Å²) in [6.45, 7) is 7.42. The van der Waals surface area contributed by atoms with Crippen LogP contribution in [0.5, 0.6) is 0 Å². The maximum Gasteiger partial charge on any atom is 0.124 e. The lowest BCUT2D eigenvalue weighted by Crippen LogP contribution is -2.45. The van der Waals surface area contributed by atoms with Gasteiger partial charge in [-0.2, -0.15) is 0 Å². The van der Waals surface area contributed by atoms with Crippen molar-refractivity contribution in [1.82, 2.24) is 5.32 Å². The molecule has 0 saturated heterocycles. The Morgan fingerprint density at radius 3 is 2.55 bits per heavy atom. The maximum absolute atomic E-state index is 13.2. The van der Waals surface area contributed by atoms with Gasteiger partial charge in [-0.05, 0) is 43.0 Å². The van der Waals surface area contributed by atoms with Crippen LogP contribution in [0.3, 0.4) is 0 Å². The van der Waals surface area contributed by atoms with E-state index in [0.717, 1.165) is 29.4 Å². The van der Waals surface area contributed by atoms with Crippen molar-refractivity contribution in [1.29, 1.82) is 0 Å². The third-order valence-electron chi connectivity index (χ3n) is 3.44. The summed E-state index contributed by atoms with van der Waals surface area (Å²) in [5.41, 5.74) is 1.10. The predicted molar refractivity (Wildman–Crippen MR) is 85.5 cm³/mol. The Balaban J connectivity index is 2.87. The molecule has 0 saturated carbocycles. The molecule has 0 aromatic heterocycles. The average molecular weight is 346 g/mol. The van der Waals surface area contributed by atoms with Crippen LogP contribution in [-0.4, -0.2) is 25.8 Å². The normalized spacial score (nSPS) is 14.6. The highest BCUT2D eigenvalue weighted by atomic mass is 79.9. The van der Waals surface area contributed by atoms with E-state index >= 15 is 0 Å². The smallest absolute Gasteiger partial charge is 0.124 e. The largest absolute Gasteiger partial charge is 0.380 e. The summed E-state index contributed by atoms with van der Waals surface area (Å²) >= 11 is 3.44. The van der Waals surface area contributed by atoms with E-state index in [4.69, 9.17) is 4.74 Å². The van der Waals surface area contributed by atoms with E-state index < -0.39 is 0 Å². The number of hydrogen-bond acceptors (Lipinski definition) is 2. The van der Waals surface area contributed by atoms with Crippen molar-refractivity contribution in [3.05, 3.63) is 34.1 Å². The van der Waals surface area contributed by atoms with E-state index in [1.165, 1.54) is 12.1 Å². The van der Waals surface area contributed by atoms with Crippen molar-refractivity contribution >= 4 is 15.9 Å². The average Bonchev–Trinajstić information content (AvgIpc) is 2.39. The van der Waals surface area contributed by atoms with Crippen molar-refractivity contribution in [3.8, 4) is 0 Å². The summed E-state index contributed by atoms with van der Waals surface area (Å²) in [5, 5.41) is 3.55. The second-order valence-corrected chi connectivity index (χ2v) is 6.30. The third kappa shape index (κ3) is 5.15. The van der Waals surface area contributed by atoms with Gasteiger partial charge in [-0.25, -0.2) is 4.39 Å². The van der Waals surface area contributed by atoms with Gasteiger partial charge in [0.25, 0.3) is 0 Å². The molecule has 0 aliphatic heterocycles. The fourth-order valence-corrected chi connectivity index (χ4v) is 2.97. The summed E-state index contributed by atoms with van der Waals surface area (Å²) in [6, 6.07) is 5.09. The Labute approximate surface area is 130 Å². The molecule has 0 spiro atoms. The van der Waals surface area contributed by atoms with Crippen LogP contribution in [-0.2, 0) is 11.2 Å². The zero-order chi connectivity index (χ0) is 15.1. The molecule has 1 N–H and O–H groups in total. The molecule has 0 aliphatic carbocycles. The first-order valence-electron chi connectivity index (χ1n) is 7.19. The minimum absolute atomic E-state index is 0.138. The number of methoxy groups -OCH3 is 1. The number of hydrogen-bond donors (Lipinski definition) is 1. The van der Waals surface area contributed by atoms with Gasteiger partial charge >= 0.3 is 0 Å². The summed E-state index contributed by atoms with van der Waals surface area (Å²) in [6.07, 6.45) is 2.03. The lowest BCUT2D eigenvalue weighted by Gasteiger charge is -2.30. The molecule has 0 amide bonds. The Kier molecular flexibility index (Phi) is 7.70. The molecule has 1 aromatic carbocycles. The van der Waals surface area contributed by atoms with Crippen LogP contribution in [0.4, 0.5) is 4.39 Å². The molecule has 20 heavy (non-hydrogen) atoms. The molecule has 4 heteroatoms. The van der Waals surface area contributed by atoms with Gasteiger partial charge < -0.3 is 10.1 Å². The van der Waals surface area contributed by atoms with Gasteiger partial charge in [0.1, 0.15) is 5.82 Å². The van der Waals surface area contributed by atoms with Crippen LogP contribution in [0.1, 0.15) is 32.8 Å². The minimum Gasteiger partial charge on any atom is -0.380 e. The molecular formula is C16H25BrFNO. The van der Waals surface area contributed by atoms with Crippen LogP contribution in [0.15, 0.2) is 22.7 Å². The zero-order valence-corrected chi connectivity index (χ0v) is 14.3. The van der Waals surface area contributed by atoms with E-state index in [1.54, 1.807) is 7.11 Å². The molecule has 0 radical (unpaired) electrons. The topological polar surface area (TPSA) is 21.3 Å². The highest BCUT2D eigenvalue weighted by Crippen LogP contribution is 2.22. The first-order valence-corrected chi connectivity index (χ1v) is 7.99. The minimum atomic E-state index is -0.217. The third-order valence-corrected chi connectivity index (χ3v) is 4.18.